The lowest BCUT2D eigenvalue weighted by Gasteiger charge is -2.39. The number of benzene rings is 12. The number of anilines is 6. The van der Waals surface area contributed by atoms with Crippen molar-refractivity contribution in [2.75, 3.05) is 9.80 Å². The topological polar surface area (TPSA) is 24.9 Å². The zero-order valence-corrected chi connectivity index (χ0v) is 44.7. The van der Waals surface area contributed by atoms with Gasteiger partial charge in [0.2, 0.25) is 0 Å². The van der Waals surface area contributed by atoms with Crippen LogP contribution in [0.5, 0.6) is 23.0 Å². The van der Waals surface area contributed by atoms with Crippen LogP contribution in [0.3, 0.4) is 0 Å². The number of rotatable bonds is 6. The molecule has 0 fully saturated rings. The molecular formula is C72H54B2N2O2. The maximum Gasteiger partial charge on any atom is 0.252 e. The minimum absolute atomic E-state index is 0.0643. The van der Waals surface area contributed by atoms with Gasteiger partial charge in [-0.1, -0.05) is 174 Å². The minimum atomic E-state index is -0.225. The maximum atomic E-state index is 7.20. The van der Waals surface area contributed by atoms with Gasteiger partial charge in [-0.2, -0.15) is 0 Å². The summed E-state index contributed by atoms with van der Waals surface area (Å²) in [5, 5.41) is 8.04. The van der Waals surface area contributed by atoms with Crippen molar-refractivity contribution in [1.29, 1.82) is 0 Å². The Bertz CT molecular complexity index is 4100. The molecule has 12 aromatic rings. The monoisotopic (exact) mass is 1000 g/mol. The molecular weight excluding hydrogens is 946 g/mol. The van der Waals surface area contributed by atoms with Crippen molar-refractivity contribution >= 4 is 113 Å². The summed E-state index contributed by atoms with van der Waals surface area (Å²) >= 11 is 0. The van der Waals surface area contributed by atoms with Crippen molar-refractivity contribution in [3.8, 4) is 45.3 Å². The van der Waals surface area contributed by atoms with Crippen molar-refractivity contribution in [2.24, 2.45) is 0 Å². The highest BCUT2D eigenvalue weighted by molar-refractivity contribution is 7.01. The summed E-state index contributed by atoms with van der Waals surface area (Å²) < 4.78 is 14.4. The van der Waals surface area contributed by atoms with Gasteiger partial charge in [0.05, 0.1) is 11.4 Å². The average Bonchev–Trinajstić information content (AvgIpc) is 1.35. The van der Waals surface area contributed by atoms with Gasteiger partial charge in [-0.15, -0.1) is 0 Å². The third kappa shape index (κ3) is 6.44. The number of fused-ring (bicyclic) bond motifs is 8. The Morgan fingerprint density at radius 1 is 0.295 bits per heavy atom. The van der Waals surface area contributed by atoms with Crippen molar-refractivity contribution in [2.45, 2.75) is 52.4 Å². The van der Waals surface area contributed by atoms with Gasteiger partial charge in [0.25, 0.3) is 13.4 Å². The summed E-state index contributed by atoms with van der Waals surface area (Å²) in [6.45, 7) is 14.3. The minimum Gasteiger partial charge on any atom is -0.458 e. The van der Waals surface area contributed by atoms with E-state index >= 15 is 0 Å². The molecule has 0 aromatic heterocycles. The van der Waals surface area contributed by atoms with Gasteiger partial charge in [-0.05, 0) is 183 Å². The van der Waals surface area contributed by atoms with E-state index in [4.69, 9.17) is 9.47 Å². The maximum absolute atomic E-state index is 7.20. The molecule has 370 valence electrons. The fourth-order valence-corrected chi connectivity index (χ4v) is 14.1. The van der Waals surface area contributed by atoms with Gasteiger partial charge < -0.3 is 19.3 Å². The van der Waals surface area contributed by atoms with Crippen molar-refractivity contribution in [3.63, 3.8) is 0 Å². The van der Waals surface area contributed by atoms with E-state index in [0.717, 1.165) is 57.1 Å². The highest BCUT2D eigenvalue weighted by Gasteiger charge is 2.45. The fraction of sp³-hybridized carbons (Fsp3) is 0.111. The summed E-state index contributed by atoms with van der Waals surface area (Å²) in [5.41, 5.74) is 21.2. The van der Waals surface area contributed by atoms with Crippen LogP contribution < -0.4 is 52.1 Å². The first-order chi connectivity index (χ1) is 38.0. The molecule has 6 heteroatoms. The smallest absolute Gasteiger partial charge is 0.252 e. The standard InChI is InChI=1S/C72H54B2N2O2/c1-71(2,3)55-39-49-51-35-47(75(43-23-11-7-12-24-43)44-25-13-8-14-26-44)37-63-69(51)74(58-32-20-22-34-62(58)77-63)60-42-54-56(72(4,5)6)40-50-52-36-48(76(45-27-15-9-16-28-45)46-29-17-10-18-30-46)38-64-70(52)73(57-31-19-21-33-61(57)78-64)59-41-53(55)67(65(49)60)68(54)66(50)59/h7-42H,1-6H3. The van der Waals surface area contributed by atoms with Gasteiger partial charge in [0.1, 0.15) is 23.0 Å². The molecule has 12 aromatic carbocycles. The summed E-state index contributed by atoms with van der Waals surface area (Å²) in [6, 6.07) is 80.5. The van der Waals surface area contributed by atoms with Gasteiger partial charge in [0.15, 0.2) is 0 Å². The Morgan fingerprint density at radius 2 is 0.628 bits per heavy atom. The van der Waals surface area contributed by atoms with E-state index in [-0.39, 0.29) is 24.3 Å². The molecule has 0 saturated heterocycles. The van der Waals surface area contributed by atoms with E-state index < -0.39 is 0 Å². The molecule has 0 N–H and O–H groups in total. The number of hydrogen-bond acceptors (Lipinski definition) is 4. The van der Waals surface area contributed by atoms with Crippen LogP contribution in [-0.4, -0.2) is 13.4 Å². The van der Waals surface area contributed by atoms with Crippen LogP contribution in [-0.2, 0) is 10.8 Å². The second kappa shape index (κ2) is 16.3. The van der Waals surface area contributed by atoms with E-state index in [0.29, 0.717) is 0 Å². The van der Waals surface area contributed by atoms with E-state index in [1.165, 1.54) is 98.5 Å². The quantitative estimate of drug-likeness (QED) is 0.122. The van der Waals surface area contributed by atoms with E-state index in [9.17, 15) is 0 Å². The molecule has 0 aliphatic carbocycles. The van der Waals surface area contributed by atoms with Gasteiger partial charge in [-0.25, -0.2) is 0 Å². The molecule has 78 heavy (non-hydrogen) atoms. The molecule has 0 radical (unpaired) electrons. The highest BCUT2D eigenvalue weighted by Crippen LogP contribution is 2.53. The molecule has 0 unspecified atom stereocenters. The predicted molar refractivity (Wildman–Crippen MR) is 330 cm³/mol. The highest BCUT2D eigenvalue weighted by atomic mass is 16.5. The van der Waals surface area contributed by atoms with Crippen LogP contribution in [0.1, 0.15) is 52.7 Å². The molecule has 4 heterocycles. The third-order valence-corrected chi connectivity index (χ3v) is 17.3. The Morgan fingerprint density at radius 3 is 0.974 bits per heavy atom. The lowest BCUT2D eigenvalue weighted by atomic mass is 9.31. The lowest BCUT2D eigenvalue weighted by molar-refractivity contribution is 0.487. The Labute approximate surface area is 456 Å². The summed E-state index contributed by atoms with van der Waals surface area (Å²) in [7, 11) is 0. The Kier molecular flexibility index (Phi) is 9.43. The first kappa shape index (κ1) is 45.2. The molecule has 4 nitrogen and oxygen atoms in total. The van der Waals surface area contributed by atoms with Crippen molar-refractivity contribution in [3.05, 3.63) is 230 Å². The number of nitrogens with zero attached hydrogens (tertiary/aromatic N) is 2. The van der Waals surface area contributed by atoms with Crippen LogP contribution >= 0.6 is 0 Å². The summed E-state index contributed by atoms with van der Waals surface area (Å²) in [4.78, 5) is 4.77. The molecule has 0 atom stereocenters. The van der Waals surface area contributed by atoms with Crippen molar-refractivity contribution in [1.82, 2.24) is 0 Å². The molecule has 4 aliphatic rings. The first-order valence-electron chi connectivity index (χ1n) is 27.6. The van der Waals surface area contributed by atoms with Gasteiger partial charge in [0, 0.05) is 34.9 Å². The Hall–Kier alpha value is -8.99. The number of para-hydroxylation sites is 6. The SMILES string of the molecule is CC(C)(C)c1cc2c3c(cc4c(C(C)(C)C)cc5c6c(cc1c3c46)B1c3ccccc3Oc3cc(N(c4ccccc4)c4ccccc4)cc-5c31)B1c3ccccc3Oc3cc(N(c4ccccc4)c4ccccc4)cc-2c31. The van der Waals surface area contributed by atoms with Crippen molar-refractivity contribution < 1.29 is 9.47 Å². The molecule has 0 spiro atoms. The van der Waals surface area contributed by atoms with Gasteiger partial charge >= 0.3 is 0 Å². The number of hydrogen-bond donors (Lipinski definition) is 0. The van der Waals surface area contributed by atoms with Crippen LogP contribution in [0, 0.1) is 0 Å². The normalized spacial score (nSPS) is 13.4. The van der Waals surface area contributed by atoms with Gasteiger partial charge in [-0.3, -0.25) is 0 Å². The summed E-state index contributed by atoms with van der Waals surface area (Å²) in [6.07, 6.45) is 0. The summed E-state index contributed by atoms with van der Waals surface area (Å²) in [5.74, 6) is 3.62. The Balaban J connectivity index is 1.07. The second-order valence-electron chi connectivity index (χ2n) is 23.9. The van der Waals surface area contributed by atoms with E-state index in [1.54, 1.807) is 0 Å². The van der Waals surface area contributed by atoms with Crippen LogP contribution in [0.15, 0.2) is 218 Å². The lowest BCUT2D eigenvalue weighted by Crippen LogP contribution is -2.58. The second-order valence-corrected chi connectivity index (χ2v) is 23.9. The van der Waals surface area contributed by atoms with E-state index in [2.05, 4.69) is 270 Å². The van der Waals surface area contributed by atoms with Crippen LogP contribution in [0.2, 0.25) is 0 Å². The molecule has 0 amide bonds. The largest absolute Gasteiger partial charge is 0.458 e. The van der Waals surface area contributed by atoms with Crippen LogP contribution in [0.4, 0.5) is 34.1 Å². The molecule has 0 saturated carbocycles. The predicted octanol–water partition coefficient (Wildman–Crippen LogP) is 15.3. The van der Waals surface area contributed by atoms with E-state index in [1.807, 2.05) is 0 Å². The number of ether oxygens (including phenoxy) is 2. The third-order valence-electron chi connectivity index (χ3n) is 17.3. The first-order valence-corrected chi connectivity index (χ1v) is 27.6. The zero-order valence-electron chi connectivity index (χ0n) is 44.7. The molecule has 4 aliphatic heterocycles. The molecule has 16 rings (SSSR count). The van der Waals surface area contributed by atoms with Crippen LogP contribution in [0.25, 0.3) is 54.6 Å². The zero-order chi connectivity index (χ0) is 52.3. The fourth-order valence-electron chi connectivity index (χ4n) is 14.1. The molecule has 0 bridgehead atoms. The average molecular weight is 1000 g/mol.